The Morgan fingerprint density at radius 3 is 2.22 bits per heavy atom. The van der Waals surface area contributed by atoms with E-state index in [-0.39, 0.29) is 30.2 Å². The SMILES string of the molecule is CC(C)C[C@H](C(=O)O[C@H](C)C(=O)Nc1ccnn1C(C)C)N1C(=O)[C@H]2CC=CC[C@H]2C1=O. The van der Waals surface area contributed by atoms with Gasteiger partial charge in [-0.25, -0.2) is 9.48 Å². The minimum absolute atomic E-state index is 0.0402. The first-order chi connectivity index (χ1) is 15.1. The van der Waals surface area contributed by atoms with Crippen LogP contribution in [0.15, 0.2) is 24.4 Å². The van der Waals surface area contributed by atoms with E-state index in [4.69, 9.17) is 4.74 Å². The molecule has 0 unspecified atom stereocenters. The van der Waals surface area contributed by atoms with Crippen LogP contribution in [0.5, 0.6) is 0 Å². The Kier molecular flexibility index (Phi) is 7.16. The minimum Gasteiger partial charge on any atom is -0.451 e. The molecule has 9 heteroatoms. The maximum atomic E-state index is 13.1. The molecule has 2 aliphatic rings. The molecule has 1 aliphatic heterocycles. The predicted molar refractivity (Wildman–Crippen MR) is 117 cm³/mol. The quantitative estimate of drug-likeness (QED) is 0.375. The number of imide groups is 1. The van der Waals surface area contributed by atoms with Crippen molar-refractivity contribution < 1.29 is 23.9 Å². The molecule has 1 N–H and O–H groups in total. The summed E-state index contributed by atoms with van der Waals surface area (Å²) in [4.78, 5) is 52.8. The Morgan fingerprint density at radius 1 is 1.09 bits per heavy atom. The fourth-order valence-electron chi connectivity index (χ4n) is 4.25. The Hall–Kier alpha value is -2.97. The zero-order valence-electron chi connectivity index (χ0n) is 19.3. The molecule has 0 aromatic carbocycles. The highest BCUT2D eigenvalue weighted by molar-refractivity contribution is 6.08. The van der Waals surface area contributed by atoms with E-state index in [0.717, 1.165) is 4.90 Å². The molecule has 0 bridgehead atoms. The second-order valence-electron chi connectivity index (χ2n) is 9.17. The lowest BCUT2D eigenvalue weighted by Crippen LogP contribution is -2.48. The Labute approximate surface area is 188 Å². The summed E-state index contributed by atoms with van der Waals surface area (Å²) in [6.45, 7) is 9.14. The van der Waals surface area contributed by atoms with Gasteiger partial charge in [-0.15, -0.1) is 0 Å². The Morgan fingerprint density at radius 2 is 1.69 bits per heavy atom. The van der Waals surface area contributed by atoms with Gasteiger partial charge < -0.3 is 10.1 Å². The Balaban J connectivity index is 1.72. The summed E-state index contributed by atoms with van der Waals surface area (Å²) in [7, 11) is 0. The van der Waals surface area contributed by atoms with Crippen molar-refractivity contribution in [3.8, 4) is 0 Å². The lowest BCUT2D eigenvalue weighted by atomic mass is 9.85. The third kappa shape index (κ3) is 4.76. The van der Waals surface area contributed by atoms with Gasteiger partial charge in [0.05, 0.1) is 18.0 Å². The number of carbonyl (C=O) groups is 4. The van der Waals surface area contributed by atoms with Gasteiger partial charge in [0.1, 0.15) is 11.9 Å². The molecule has 174 valence electrons. The summed E-state index contributed by atoms with van der Waals surface area (Å²) in [6, 6.07) is 0.654. The molecule has 1 aromatic heterocycles. The number of nitrogens with zero attached hydrogens (tertiary/aromatic N) is 3. The molecule has 0 radical (unpaired) electrons. The van der Waals surface area contributed by atoms with Gasteiger partial charge in [-0.1, -0.05) is 26.0 Å². The number of nitrogens with one attached hydrogen (secondary N) is 1. The number of allylic oxidation sites excluding steroid dienone is 2. The van der Waals surface area contributed by atoms with Crippen LogP contribution in [0, 0.1) is 17.8 Å². The molecule has 4 atom stereocenters. The topological polar surface area (TPSA) is 111 Å². The summed E-state index contributed by atoms with van der Waals surface area (Å²) in [5, 5.41) is 6.87. The third-order valence-corrected chi connectivity index (χ3v) is 5.89. The van der Waals surface area contributed by atoms with E-state index in [2.05, 4.69) is 10.4 Å². The number of aromatic nitrogens is 2. The lowest BCUT2D eigenvalue weighted by molar-refractivity contribution is -0.164. The lowest BCUT2D eigenvalue weighted by Gasteiger charge is -2.27. The molecule has 1 saturated heterocycles. The molecule has 0 spiro atoms. The number of ether oxygens (including phenoxy) is 1. The second-order valence-corrected chi connectivity index (χ2v) is 9.17. The zero-order valence-corrected chi connectivity index (χ0v) is 19.3. The van der Waals surface area contributed by atoms with Gasteiger partial charge in [-0.2, -0.15) is 5.10 Å². The third-order valence-electron chi connectivity index (χ3n) is 5.89. The monoisotopic (exact) mass is 444 g/mol. The van der Waals surface area contributed by atoms with E-state index >= 15 is 0 Å². The molecular weight excluding hydrogens is 412 g/mol. The minimum atomic E-state index is -1.11. The van der Waals surface area contributed by atoms with Crippen molar-refractivity contribution >= 4 is 29.5 Å². The summed E-state index contributed by atoms with van der Waals surface area (Å²) in [5.74, 6) is -2.23. The highest BCUT2D eigenvalue weighted by Gasteiger charge is 2.51. The van der Waals surface area contributed by atoms with Gasteiger partial charge in [0.2, 0.25) is 11.8 Å². The molecule has 0 saturated carbocycles. The molecule has 1 aliphatic carbocycles. The van der Waals surface area contributed by atoms with Crippen LogP contribution in [0.25, 0.3) is 0 Å². The number of hydrogen-bond acceptors (Lipinski definition) is 6. The molecule has 2 heterocycles. The summed E-state index contributed by atoms with van der Waals surface area (Å²) >= 11 is 0. The second kappa shape index (κ2) is 9.67. The molecule has 3 amide bonds. The van der Waals surface area contributed by atoms with Crippen LogP contribution in [0.2, 0.25) is 0 Å². The first-order valence-electron chi connectivity index (χ1n) is 11.2. The van der Waals surface area contributed by atoms with Gasteiger partial charge >= 0.3 is 5.97 Å². The number of rotatable bonds is 8. The summed E-state index contributed by atoms with van der Waals surface area (Å²) in [5.41, 5.74) is 0. The smallest absolute Gasteiger partial charge is 0.330 e. The van der Waals surface area contributed by atoms with Gasteiger partial charge in [0, 0.05) is 12.1 Å². The maximum Gasteiger partial charge on any atom is 0.330 e. The molecule has 9 nitrogen and oxygen atoms in total. The fourth-order valence-corrected chi connectivity index (χ4v) is 4.25. The highest BCUT2D eigenvalue weighted by atomic mass is 16.5. The van der Waals surface area contributed by atoms with Crippen LogP contribution < -0.4 is 5.32 Å². The molecular formula is C23H32N4O5. The molecule has 32 heavy (non-hydrogen) atoms. The van der Waals surface area contributed by atoms with E-state index in [1.54, 1.807) is 16.9 Å². The van der Waals surface area contributed by atoms with Crippen LogP contribution in [0.1, 0.15) is 59.9 Å². The van der Waals surface area contributed by atoms with Crippen LogP contribution in [0.3, 0.4) is 0 Å². The number of fused-ring (bicyclic) bond motifs is 1. The van der Waals surface area contributed by atoms with Crippen molar-refractivity contribution in [1.29, 1.82) is 0 Å². The first-order valence-corrected chi connectivity index (χ1v) is 11.2. The number of likely N-dealkylation sites (tertiary alicyclic amines) is 1. The van der Waals surface area contributed by atoms with Crippen LogP contribution in [0.4, 0.5) is 5.82 Å². The van der Waals surface area contributed by atoms with Crippen molar-refractivity contribution in [2.24, 2.45) is 17.8 Å². The predicted octanol–water partition coefficient (Wildman–Crippen LogP) is 2.70. The summed E-state index contributed by atoms with van der Waals surface area (Å²) in [6.07, 6.45) is 5.54. The fraction of sp³-hybridized carbons (Fsp3) is 0.609. The highest BCUT2D eigenvalue weighted by Crippen LogP contribution is 2.37. The van der Waals surface area contributed by atoms with E-state index in [0.29, 0.717) is 18.7 Å². The average molecular weight is 445 g/mol. The number of hydrogen-bond donors (Lipinski definition) is 1. The number of anilines is 1. The van der Waals surface area contributed by atoms with Gasteiger partial charge in [-0.3, -0.25) is 19.3 Å². The van der Waals surface area contributed by atoms with E-state index in [1.807, 2.05) is 39.8 Å². The number of carbonyl (C=O) groups excluding carboxylic acids is 4. The molecule has 1 fully saturated rings. The standard InChI is InChI=1S/C23H32N4O5/c1-13(2)12-18(26-21(29)16-8-6-7-9-17(16)22(26)30)23(31)32-15(5)20(28)25-19-10-11-24-27(19)14(3)4/h6-7,10-11,13-18H,8-9,12H2,1-5H3,(H,25,28)/t15-,16-,17+,18-/m1/s1. The van der Waals surface area contributed by atoms with Gasteiger partial charge in [0.25, 0.3) is 5.91 Å². The van der Waals surface area contributed by atoms with E-state index in [9.17, 15) is 19.2 Å². The van der Waals surface area contributed by atoms with Crippen molar-refractivity contribution in [1.82, 2.24) is 14.7 Å². The van der Waals surface area contributed by atoms with Gasteiger partial charge in [0.15, 0.2) is 6.10 Å². The van der Waals surface area contributed by atoms with Crippen LogP contribution in [-0.4, -0.2) is 50.5 Å². The van der Waals surface area contributed by atoms with Crippen LogP contribution >= 0.6 is 0 Å². The number of esters is 1. The van der Waals surface area contributed by atoms with Gasteiger partial charge in [-0.05, 0) is 46.0 Å². The number of amides is 3. The van der Waals surface area contributed by atoms with Crippen molar-refractivity contribution in [2.45, 2.75) is 72.1 Å². The Bertz CT molecular complexity index is 893. The average Bonchev–Trinajstić information content (AvgIpc) is 3.29. The largest absolute Gasteiger partial charge is 0.451 e. The normalized spacial score (nSPS) is 22.3. The van der Waals surface area contributed by atoms with E-state index < -0.39 is 35.9 Å². The first kappa shape index (κ1) is 23.7. The van der Waals surface area contributed by atoms with Crippen molar-refractivity contribution in [2.75, 3.05) is 5.32 Å². The molecule has 1 aromatic rings. The zero-order chi connectivity index (χ0) is 23.6. The molecule has 3 rings (SSSR count). The van der Waals surface area contributed by atoms with Crippen molar-refractivity contribution in [3.63, 3.8) is 0 Å². The summed E-state index contributed by atoms with van der Waals surface area (Å²) < 4.78 is 7.09. The van der Waals surface area contributed by atoms with E-state index in [1.165, 1.54) is 6.92 Å². The van der Waals surface area contributed by atoms with Crippen molar-refractivity contribution in [3.05, 3.63) is 24.4 Å². The van der Waals surface area contributed by atoms with Crippen LogP contribution in [-0.2, 0) is 23.9 Å². The maximum absolute atomic E-state index is 13.1.